The Morgan fingerprint density at radius 3 is 2.75 bits per heavy atom. The van der Waals surface area contributed by atoms with Crippen molar-refractivity contribution in [3.63, 3.8) is 0 Å². The first kappa shape index (κ1) is 14.0. The second-order valence-corrected chi connectivity index (χ2v) is 4.27. The molecule has 0 spiro atoms. The Morgan fingerprint density at radius 1 is 1.30 bits per heavy atom. The van der Waals surface area contributed by atoms with Gasteiger partial charge in [-0.1, -0.05) is 24.3 Å². The lowest BCUT2D eigenvalue weighted by atomic mass is 10.1. The van der Waals surface area contributed by atoms with Crippen LogP contribution in [0.4, 0.5) is 11.5 Å². The number of anilines is 1. The van der Waals surface area contributed by atoms with Gasteiger partial charge in [0.1, 0.15) is 0 Å². The van der Waals surface area contributed by atoms with Gasteiger partial charge in [0.2, 0.25) is 0 Å². The van der Waals surface area contributed by atoms with Crippen LogP contribution in [0.5, 0.6) is 0 Å². The highest BCUT2D eigenvalue weighted by Crippen LogP contribution is 2.13. The molecule has 1 N–H and O–H groups in total. The minimum absolute atomic E-state index is 0.155. The van der Waals surface area contributed by atoms with E-state index in [1.807, 2.05) is 18.2 Å². The molecule has 2 rings (SSSR count). The number of pyridine rings is 1. The van der Waals surface area contributed by atoms with Gasteiger partial charge in [0.15, 0.2) is 6.20 Å². The topological polar surface area (TPSA) is 77.3 Å². The molecule has 20 heavy (non-hydrogen) atoms. The zero-order valence-corrected chi connectivity index (χ0v) is 11.1. The minimum atomic E-state index is -0.516. The smallest absolute Gasteiger partial charge is 0.363 e. The molecule has 0 fully saturated rings. The molecule has 0 radical (unpaired) electrons. The Labute approximate surface area is 116 Å². The van der Waals surface area contributed by atoms with E-state index in [1.165, 1.54) is 12.3 Å². The van der Waals surface area contributed by atoms with Gasteiger partial charge in [-0.2, -0.15) is 0 Å². The lowest BCUT2D eigenvalue weighted by Gasteiger charge is -2.07. The molecule has 0 amide bonds. The van der Waals surface area contributed by atoms with Crippen LogP contribution < -0.4 is 5.32 Å². The molecule has 0 saturated heterocycles. The molecule has 1 aromatic carbocycles. The molecule has 6 nitrogen and oxygen atoms in total. The van der Waals surface area contributed by atoms with Crippen LogP contribution in [0, 0.1) is 10.1 Å². The highest BCUT2D eigenvalue weighted by atomic mass is 16.6. The summed E-state index contributed by atoms with van der Waals surface area (Å²) in [6, 6.07) is 11.0. The highest BCUT2D eigenvalue weighted by molar-refractivity contribution is 5.44. The fraction of sp³-hybridized carbons (Fsp3) is 0.214. The van der Waals surface area contributed by atoms with Gasteiger partial charge in [0.25, 0.3) is 0 Å². The van der Waals surface area contributed by atoms with Gasteiger partial charge in [-0.05, 0) is 27.1 Å². The maximum absolute atomic E-state index is 10.5. The third kappa shape index (κ3) is 3.76. The fourth-order valence-corrected chi connectivity index (χ4v) is 1.80. The van der Waals surface area contributed by atoms with E-state index in [1.54, 1.807) is 13.2 Å². The number of ether oxygens (including phenoxy) is 1. The van der Waals surface area contributed by atoms with Gasteiger partial charge in [-0.25, -0.2) is 0 Å². The molecule has 2 aromatic rings. The molecule has 0 atom stereocenters. The predicted octanol–water partition coefficient (Wildman–Crippen LogP) is 2.75. The number of nitro groups is 1. The lowest BCUT2D eigenvalue weighted by Crippen LogP contribution is -2.01. The van der Waals surface area contributed by atoms with E-state index in [9.17, 15) is 10.1 Å². The molecule has 1 heterocycles. The van der Waals surface area contributed by atoms with E-state index in [0.717, 1.165) is 16.8 Å². The van der Waals surface area contributed by atoms with Gasteiger partial charge in [0.05, 0.1) is 12.3 Å². The molecule has 0 unspecified atom stereocenters. The van der Waals surface area contributed by atoms with Crippen molar-refractivity contribution in [2.75, 3.05) is 12.4 Å². The maximum Gasteiger partial charge on any atom is 0.363 e. The molecular weight excluding hydrogens is 258 g/mol. The Balaban J connectivity index is 1.97. The second kappa shape index (κ2) is 6.63. The average molecular weight is 273 g/mol. The Bertz CT molecular complexity index is 584. The Morgan fingerprint density at radius 2 is 2.10 bits per heavy atom. The van der Waals surface area contributed by atoms with Crippen LogP contribution in [-0.4, -0.2) is 17.0 Å². The normalized spacial score (nSPS) is 10.2. The van der Waals surface area contributed by atoms with Crippen molar-refractivity contribution in [1.82, 2.24) is 4.98 Å². The standard InChI is InChI=1S/C14H15N3O3/c1-20-10-12-4-2-3-11(7-12)8-15-13-5-6-14(16-9-13)17(18)19/h2-7,9,15H,8,10H2,1H3. The Hall–Kier alpha value is -2.47. The number of nitrogens with one attached hydrogen (secondary N) is 1. The first-order valence-corrected chi connectivity index (χ1v) is 6.10. The third-order valence-corrected chi connectivity index (χ3v) is 2.73. The number of aromatic nitrogens is 1. The molecule has 0 aliphatic carbocycles. The van der Waals surface area contributed by atoms with E-state index in [4.69, 9.17) is 4.74 Å². The van der Waals surface area contributed by atoms with Crippen LogP contribution in [0.2, 0.25) is 0 Å². The minimum Gasteiger partial charge on any atom is -0.380 e. The van der Waals surface area contributed by atoms with Gasteiger partial charge in [-0.3, -0.25) is 0 Å². The monoisotopic (exact) mass is 273 g/mol. The summed E-state index contributed by atoms with van der Waals surface area (Å²) < 4.78 is 5.09. The van der Waals surface area contributed by atoms with Crippen molar-refractivity contribution in [3.05, 3.63) is 63.8 Å². The van der Waals surface area contributed by atoms with Crippen LogP contribution in [0.25, 0.3) is 0 Å². The summed E-state index contributed by atoms with van der Waals surface area (Å²) in [5.41, 5.74) is 2.96. The average Bonchev–Trinajstić information content (AvgIpc) is 2.46. The summed E-state index contributed by atoms with van der Waals surface area (Å²) in [7, 11) is 1.66. The van der Waals surface area contributed by atoms with Gasteiger partial charge >= 0.3 is 5.82 Å². The summed E-state index contributed by atoms with van der Waals surface area (Å²) in [6.45, 7) is 1.20. The largest absolute Gasteiger partial charge is 0.380 e. The number of nitrogens with zero attached hydrogens (tertiary/aromatic N) is 2. The van der Waals surface area contributed by atoms with Crippen LogP contribution in [0.1, 0.15) is 11.1 Å². The van der Waals surface area contributed by atoms with Crippen molar-refractivity contribution >= 4 is 11.5 Å². The molecule has 0 saturated carbocycles. The number of methoxy groups -OCH3 is 1. The van der Waals surface area contributed by atoms with E-state index < -0.39 is 4.92 Å². The van der Waals surface area contributed by atoms with E-state index in [0.29, 0.717) is 13.2 Å². The zero-order valence-electron chi connectivity index (χ0n) is 11.1. The first-order chi connectivity index (χ1) is 9.69. The summed E-state index contributed by atoms with van der Waals surface area (Å²) in [6.07, 6.45) is 1.46. The molecule has 0 bridgehead atoms. The molecule has 1 aromatic heterocycles. The van der Waals surface area contributed by atoms with Gasteiger partial charge in [-0.15, -0.1) is 0 Å². The number of rotatable bonds is 6. The van der Waals surface area contributed by atoms with Gasteiger partial charge in [0, 0.05) is 19.7 Å². The fourth-order valence-electron chi connectivity index (χ4n) is 1.80. The van der Waals surface area contributed by atoms with Crippen LogP contribution >= 0.6 is 0 Å². The van der Waals surface area contributed by atoms with E-state index in [-0.39, 0.29) is 5.82 Å². The highest BCUT2D eigenvalue weighted by Gasteiger charge is 2.05. The van der Waals surface area contributed by atoms with Crippen molar-refractivity contribution in [2.45, 2.75) is 13.2 Å². The summed E-state index contributed by atoms with van der Waals surface area (Å²) in [4.78, 5) is 13.7. The van der Waals surface area contributed by atoms with Crippen LogP contribution in [0.3, 0.4) is 0 Å². The number of benzene rings is 1. The zero-order chi connectivity index (χ0) is 14.4. The molecular formula is C14H15N3O3. The lowest BCUT2D eigenvalue weighted by molar-refractivity contribution is -0.389. The van der Waals surface area contributed by atoms with E-state index in [2.05, 4.69) is 16.4 Å². The third-order valence-electron chi connectivity index (χ3n) is 2.73. The predicted molar refractivity (Wildman–Crippen MR) is 75.4 cm³/mol. The maximum atomic E-state index is 10.5. The Kier molecular flexibility index (Phi) is 4.62. The SMILES string of the molecule is COCc1cccc(CNc2ccc([N+](=O)[O-])nc2)c1. The van der Waals surface area contributed by atoms with Crippen LogP contribution in [-0.2, 0) is 17.9 Å². The van der Waals surface area contributed by atoms with Crippen molar-refractivity contribution in [3.8, 4) is 0 Å². The molecule has 104 valence electrons. The summed E-state index contributed by atoms with van der Waals surface area (Å²) >= 11 is 0. The number of hydrogen-bond acceptors (Lipinski definition) is 5. The molecule has 0 aliphatic heterocycles. The number of hydrogen-bond donors (Lipinski definition) is 1. The quantitative estimate of drug-likeness (QED) is 0.646. The first-order valence-electron chi connectivity index (χ1n) is 6.10. The molecule has 0 aliphatic rings. The summed E-state index contributed by atoms with van der Waals surface area (Å²) in [5.74, 6) is -0.155. The summed E-state index contributed by atoms with van der Waals surface area (Å²) in [5, 5.41) is 13.7. The second-order valence-electron chi connectivity index (χ2n) is 4.27. The van der Waals surface area contributed by atoms with Gasteiger partial charge < -0.3 is 20.2 Å². The molecule has 6 heteroatoms. The van der Waals surface area contributed by atoms with Crippen molar-refractivity contribution in [2.24, 2.45) is 0 Å². The van der Waals surface area contributed by atoms with Crippen molar-refractivity contribution in [1.29, 1.82) is 0 Å². The van der Waals surface area contributed by atoms with Crippen LogP contribution in [0.15, 0.2) is 42.6 Å². The van der Waals surface area contributed by atoms with Crippen molar-refractivity contribution < 1.29 is 9.66 Å². The van der Waals surface area contributed by atoms with E-state index >= 15 is 0 Å².